The number of anilines is 1. The van der Waals surface area contributed by atoms with Crippen molar-refractivity contribution in [2.45, 2.75) is 45.1 Å². The molecule has 3 rings (SSSR count). The molecule has 2 N–H and O–H groups in total. The van der Waals surface area contributed by atoms with Gasteiger partial charge >= 0.3 is 0 Å². The van der Waals surface area contributed by atoms with Crippen molar-refractivity contribution >= 4 is 41.4 Å². The van der Waals surface area contributed by atoms with Crippen LogP contribution in [0.5, 0.6) is 0 Å². The van der Waals surface area contributed by atoms with Gasteiger partial charge in [-0.3, -0.25) is 15.1 Å². The van der Waals surface area contributed by atoms with E-state index < -0.39 is 0 Å². The average molecular weight is 552 g/mol. The highest BCUT2D eigenvalue weighted by Crippen LogP contribution is 2.17. The van der Waals surface area contributed by atoms with Crippen molar-refractivity contribution in [3.63, 3.8) is 0 Å². The number of nitro benzene ring substituents is 1. The van der Waals surface area contributed by atoms with E-state index in [-0.39, 0.29) is 34.6 Å². The smallest absolute Gasteiger partial charge is 0.269 e. The van der Waals surface area contributed by atoms with Gasteiger partial charge < -0.3 is 15.5 Å². The average Bonchev–Trinajstić information content (AvgIpc) is 2.80. The minimum atomic E-state index is -0.365. The molecule has 8 nitrogen and oxygen atoms in total. The number of unbranched alkanes of at least 4 members (excludes halogenated alkanes) is 1. The fourth-order valence-corrected chi connectivity index (χ4v) is 3.72. The molecule has 9 heteroatoms. The number of benzene rings is 1. The lowest BCUT2D eigenvalue weighted by Gasteiger charge is -2.33. The molecule has 1 fully saturated rings. The molecule has 0 saturated carbocycles. The highest BCUT2D eigenvalue weighted by molar-refractivity contribution is 14.0. The summed E-state index contributed by atoms with van der Waals surface area (Å²) in [4.78, 5) is 21.9. The van der Waals surface area contributed by atoms with Crippen LogP contribution in [-0.2, 0) is 6.42 Å². The molecule has 174 valence electrons. The van der Waals surface area contributed by atoms with Gasteiger partial charge in [0.2, 0.25) is 0 Å². The van der Waals surface area contributed by atoms with E-state index in [1.54, 1.807) is 12.1 Å². The molecule has 1 aromatic heterocycles. The van der Waals surface area contributed by atoms with E-state index in [9.17, 15) is 10.1 Å². The van der Waals surface area contributed by atoms with Crippen LogP contribution in [0.3, 0.4) is 0 Å². The molecule has 0 unspecified atom stereocenters. The van der Waals surface area contributed by atoms with Gasteiger partial charge in [0.1, 0.15) is 5.82 Å². The zero-order valence-corrected chi connectivity index (χ0v) is 20.9. The first-order valence-electron chi connectivity index (χ1n) is 11.1. The highest BCUT2D eigenvalue weighted by atomic mass is 127. The molecule has 0 aliphatic carbocycles. The number of nitrogens with one attached hydrogen (secondary N) is 2. The SMILES string of the molecule is CCNC(=NCCCCc1ccc([N+](=O)[O-])cc1)NC1CCN(c2ccccn2)CC1.I. The summed E-state index contributed by atoms with van der Waals surface area (Å²) in [5, 5.41) is 17.7. The molecule has 0 radical (unpaired) electrons. The van der Waals surface area contributed by atoms with Crippen molar-refractivity contribution in [2.24, 2.45) is 4.99 Å². The Morgan fingerprint density at radius 2 is 1.94 bits per heavy atom. The number of halogens is 1. The molecule has 1 aromatic carbocycles. The number of rotatable bonds is 9. The standard InChI is InChI=1S/C23H32N6O2.HI/c1-2-24-23(26-16-5-3-7-19-9-11-21(12-10-19)29(30)31)27-20-13-17-28(18-14-20)22-8-4-6-15-25-22;/h4,6,8-12,15,20H,2-3,5,7,13-14,16-18H2,1H3,(H2,24,26,27);1H. The van der Waals surface area contributed by atoms with E-state index in [0.717, 1.165) is 75.6 Å². The number of hydrogen-bond donors (Lipinski definition) is 2. The van der Waals surface area contributed by atoms with Gasteiger partial charge in [-0.2, -0.15) is 0 Å². The third-order valence-electron chi connectivity index (χ3n) is 5.44. The Morgan fingerprint density at radius 3 is 2.56 bits per heavy atom. The Bertz CT molecular complexity index is 839. The zero-order chi connectivity index (χ0) is 21.9. The molecular weight excluding hydrogens is 519 g/mol. The fourth-order valence-electron chi connectivity index (χ4n) is 3.72. The number of nitrogens with zero attached hydrogens (tertiary/aromatic N) is 4. The van der Waals surface area contributed by atoms with E-state index in [4.69, 9.17) is 4.99 Å². The molecule has 1 saturated heterocycles. The molecule has 0 spiro atoms. The number of aromatic nitrogens is 1. The molecule has 0 bridgehead atoms. The van der Waals surface area contributed by atoms with Crippen LogP contribution < -0.4 is 15.5 Å². The molecule has 32 heavy (non-hydrogen) atoms. The number of aliphatic imine (C=N–C) groups is 1. The van der Waals surface area contributed by atoms with Crippen LogP contribution >= 0.6 is 24.0 Å². The molecule has 0 atom stereocenters. The van der Waals surface area contributed by atoms with Gasteiger partial charge in [0.05, 0.1) is 4.92 Å². The Morgan fingerprint density at radius 1 is 1.19 bits per heavy atom. The van der Waals surface area contributed by atoms with Crippen LogP contribution in [0, 0.1) is 10.1 Å². The molecule has 1 aliphatic heterocycles. The van der Waals surface area contributed by atoms with Gasteiger partial charge in [-0.1, -0.05) is 18.2 Å². The Balaban J connectivity index is 0.00000363. The van der Waals surface area contributed by atoms with Crippen molar-refractivity contribution < 1.29 is 4.92 Å². The lowest BCUT2D eigenvalue weighted by atomic mass is 10.1. The monoisotopic (exact) mass is 552 g/mol. The molecule has 2 heterocycles. The number of piperidine rings is 1. The summed E-state index contributed by atoms with van der Waals surface area (Å²) in [6.45, 7) is 5.65. The maximum Gasteiger partial charge on any atom is 0.269 e. The van der Waals surface area contributed by atoms with Crippen molar-refractivity contribution in [3.05, 3.63) is 64.3 Å². The first-order chi connectivity index (χ1) is 15.2. The van der Waals surface area contributed by atoms with Crippen LogP contribution in [0.15, 0.2) is 53.7 Å². The summed E-state index contributed by atoms with van der Waals surface area (Å²) in [5.41, 5.74) is 1.26. The van der Waals surface area contributed by atoms with Crippen molar-refractivity contribution in [1.82, 2.24) is 15.6 Å². The predicted octanol–water partition coefficient (Wildman–Crippen LogP) is 4.15. The van der Waals surface area contributed by atoms with Crippen LogP contribution in [0.1, 0.15) is 38.2 Å². The topological polar surface area (TPSA) is 95.7 Å². The number of non-ortho nitro benzene ring substituents is 1. The minimum absolute atomic E-state index is 0. The minimum Gasteiger partial charge on any atom is -0.357 e. The summed E-state index contributed by atoms with van der Waals surface area (Å²) in [6.07, 6.45) is 6.85. The summed E-state index contributed by atoms with van der Waals surface area (Å²) < 4.78 is 0. The second-order valence-electron chi connectivity index (χ2n) is 7.73. The van der Waals surface area contributed by atoms with E-state index in [1.165, 1.54) is 0 Å². The van der Waals surface area contributed by atoms with E-state index in [0.29, 0.717) is 6.04 Å². The quantitative estimate of drug-likeness (QED) is 0.121. The molecule has 1 aliphatic rings. The predicted molar refractivity (Wildman–Crippen MR) is 140 cm³/mol. The lowest BCUT2D eigenvalue weighted by Crippen LogP contribution is -2.49. The van der Waals surface area contributed by atoms with Gasteiger partial charge in [-0.25, -0.2) is 4.98 Å². The van der Waals surface area contributed by atoms with Crippen molar-refractivity contribution in [3.8, 4) is 0 Å². The summed E-state index contributed by atoms with van der Waals surface area (Å²) >= 11 is 0. The van der Waals surface area contributed by atoms with Gasteiger partial charge in [0, 0.05) is 50.6 Å². The largest absolute Gasteiger partial charge is 0.357 e. The van der Waals surface area contributed by atoms with E-state index >= 15 is 0 Å². The van der Waals surface area contributed by atoms with Crippen LogP contribution in [0.25, 0.3) is 0 Å². The van der Waals surface area contributed by atoms with Crippen LogP contribution in [0.2, 0.25) is 0 Å². The van der Waals surface area contributed by atoms with Gasteiger partial charge in [-0.15, -0.1) is 24.0 Å². The number of pyridine rings is 1. The number of hydrogen-bond acceptors (Lipinski definition) is 5. The Labute approximate surface area is 207 Å². The van der Waals surface area contributed by atoms with Crippen LogP contribution in [0.4, 0.5) is 11.5 Å². The molecule has 0 amide bonds. The summed E-state index contributed by atoms with van der Waals surface area (Å²) in [5.74, 6) is 1.93. The fraction of sp³-hybridized carbons (Fsp3) is 0.478. The third kappa shape index (κ3) is 8.25. The Hall–Kier alpha value is -2.43. The Kier molecular flexibility index (Phi) is 11.2. The van der Waals surface area contributed by atoms with Crippen molar-refractivity contribution in [2.75, 3.05) is 31.1 Å². The maximum atomic E-state index is 10.7. The highest BCUT2D eigenvalue weighted by Gasteiger charge is 2.20. The second-order valence-corrected chi connectivity index (χ2v) is 7.73. The molecule has 2 aromatic rings. The summed E-state index contributed by atoms with van der Waals surface area (Å²) in [6, 6.07) is 13.3. The van der Waals surface area contributed by atoms with E-state index in [2.05, 4.69) is 33.5 Å². The van der Waals surface area contributed by atoms with Gasteiger partial charge in [-0.05, 0) is 56.7 Å². The van der Waals surface area contributed by atoms with Gasteiger partial charge in [0.25, 0.3) is 5.69 Å². The summed E-state index contributed by atoms with van der Waals surface area (Å²) in [7, 11) is 0. The number of guanidine groups is 1. The maximum absolute atomic E-state index is 10.7. The molecular formula is C23H33IN6O2. The van der Waals surface area contributed by atoms with Crippen LogP contribution in [-0.4, -0.2) is 48.1 Å². The normalized spacial score (nSPS) is 14.5. The van der Waals surface area contributed by atoms with E-state index in [1.807, 2.05) is 30.5 Å². The first-order valence-corrected chi connectivity index (χ1v) is 11.1. The first kappa shape index (κ1) is 25.8. The van der Waals surface area contributed by atoms with Gasteiger partial charge in [0.15, 0.2) is 5.96 Å². The number of aryl methyl sites for hydroxylation is 1. The van der Waals surface area contributed by atoms with Crippen molar-refractivity contribution in [1.29, 1.82) is 0 Å². The zero-order valence-electron chi connectivity index (χ0n) is 18.6. The number of nitro groups is 1. The lowest BCUT2D eigenvalue weighted by molar-refractivity contribution is -0.384. The third-order valence-corrected chi connectivity index (χ3v) is 5.44. The second kappa shape index (κ2) is 13.9.